The van der Waals surface area contributed by atoms with Crippen molar-refractivity contribution in [2.24, 2.45) is 0 Å². The van der Waals surface area contributed by atoms with Crippen molar-refractivity contribution < 1.29 is 0 Å². The number of fused-ring (bicyclic) bond motifs is 8. The summed E-state index contributed by atoms with van der Waals surface area (Å²) in [5, 5.41) is 1.30. The van der Waals surface area contributed by atoms with Gasteiger partial charge in [-0.25, -0.2) is 9.97 Å². The lowest BCUT2D eigenvalue weighted by atomic mass is 10.3. The number of aromatic amines is 2. The number of rotatable bonds is 0. The molecule has 3 aromatic rings. The zero-order chi connectivity index (χ0) is 22.9. The second-order valence-electron chi connectivity index (χ2n) is 6.73. The van der Waals surface area contributed by atoms with E-state index in [1.54, 1.807) is 24.3 Å². The summed E-state index contributed by atoms with van der Waals surface area (Å²) in [6.45, 7) is 0. The van der Waals surface area contributed by atoms with Gasteiger partial charge in [0.15, 0.2) is 0 Å². The number of hydrogen-bond donors (Lipinski definition) is 2. The molecule has 2 N–H and O–H groups in total. The first-order valence-electron chi connectivity index (χ1n) is 8.72. The van der Waals surface area contributed by atoms with Gasteiger partial charge in [-0.1, -0.05) is 92.8 Å². The molecule has 4 nitrogen and oxygen atoms in total. The molecule has 2 aliphatic heterocycles. The predicted octanol–water partition coefficient (Wildman–Crippen LogP) is 9.71. The van der Waals surface area contributed by atoms with Crippen molar-refractivity contribution in [3.63, 3.8) is 0 Å². The van der Waals surface area contributed by atoms with Gasteiger partial charge in [0.25, 0.3) is 0 Å². The van der Waals surface area contributed by atoms with Gasteiger partial charge in [-0.3, -0.25) is 0 Å². The van der Waals surface area contributed by atoms with Crippen LogP contribution in [0.2, 0.25) is 30.1 Å². The van der Waals surface area contributed by atoms with E-state index in [2.05, 4.69) is 19.9 Å². The van der Waals surface area contributed by atoms with Crippen molar-refractivity contribution in [2.45, 2.75) is 0 Å². The number of halogens is 8. The third-order valence-electron chi connectivity index (χ3n) is 4.77. The van der Waals surface area contributed by atoms with Gasteiger partial charge in [-0.05, 0) is 24.3 Å². The molecule has 3 aromatic heterocycles. The van der Waals surface area contributed by atoms with Crippen LogP contribution in [0.25, 0.3) is 44.3 Å². The number of nitrogens with one attached hydrogen (secondary N) is 2. The van der Waals surface area contributed by atoms with E-state index in [1.165, 1.54) is 0 Å². The zero-order valence-electron chi connectivity index (χ0n) is 15.2. The SMILES string of the molecule is ClC1=C(Cl)c2nc1c(Cl)c1[nH]c(cc3nc(cc4[nH]c(c2Cl)c(Cl)c4Cl)C=C3)c(Cl)c1Cl. The minimum Gasteiger partial charge on any atom is -0.352 e. The quantitative estimate of drug-likeness (QED) is 0.216. The monoisotopic (exact) mass is 582 g/mol. The number of nitrogens with zero attached hydrogens (tertiary/aromatic N) is 2. The second kappa shape index (κ2) is 8.30. The maximum Gasteiger partial charge on any atom is 0.105 e. The van der Waals surface area contributed by atoms with Crippen molar-refractivity contribution in [3.05, 3.63) is 65.0 Å². The van der Waals surface area contributed by atoms with E-state index in [1.807, 2.05) is 0 Å². The average Bonchev–Trinajstić information content (AvgIpc) is 3.48. The zero-order valence-corrected chi connectivity index (χ0v) is 21.3. The maximum atomic E-state index is 6.61. The molecule has 0 saturated carbocycles. The Kier molecular flexibility index (Phi) is 5.89. The van der Waals surface area contributed by atoms with Crippen molar-refractivity contribution in [1.29, 1.82) is 0 Å². The van der Waals surface area contributed by atoms with Crippen LogP contribution < -0.4 is 0 Å². The Labute approximate surface area is 220 Å². The van der Waals surface area contributed by atoms with Crippen LogP contribution in [-0.4, -0.2) is 19.9 Å². The largest absolute Gasteiger partial charge is 0.352 e. The highest BCUT2D eigenvalue weighted by Gasteiger charge is 2.25. The molecule has 162 valence electrons. The van der Waals surface area contributed by atoms with Crippen LogP contribution >= 0.6 is 92.8 Å². The fraction of sp³-hybridized carbons (Fsp3) is 0. The average molecular weight is 586 g/mol. The van der Waals surface area contributed by atoms with Crippen molar-refractivity contribution in [2.75, 3.05) is 0 Å². The first-order valence-corrected chi connectivity index (χ1v) is 11.7. The van der Waals surface area contributed by atoms with E-state index in [-0.39, 0.29) is 51.6 Å². The van der Waals surface area contributed by atoms with Crippen LogP contribution in [0.1, 0.15) is 22.8 Å². The van der Waals surface area contributed by atoms with Crippen LogP contribution in [0.3, 0.4) is 0 Å². The fourth-order valence-corrected chi connectivity index (χ4v) is 5.33. The van der Waals surface area contributed by atoms with E-state index in [4.69, 9.17) is 92.8 Å². The van der Waals surface area contributed by atoms with Gasteiger partial charge >= 0.3 is 0 Å². The van der Waals surface area contributed by atoms with Gasteiger partial charge in [-0.2, -0.15) is 0 Å². The lowest BCUT2D eigenvalue weighted by molar-refractivity contribution is 1.31. The minimum absolute atomic E-state index is 0.0870. The Morgan fingerprint density at radius 1 is 0.500 bits per heavy atom. The van der Waals surface area contributed by atoms with Crippen LogP contribution in [0, 0.1) is 0 Å². The molecule has 0 unspecified atom stereocenters. The van der Waals surface area contributed by atoms with Gasteiger partial charge in [0.1, 0.15) is 11.4 Å². The number of aromatic nitrogens is 4. The molecule has 0 radical (unpaired) electrons. The van der Waals surface area contributed by atoms with E-state index in [0.29, 0.717) is 33.5 Å². The summed E-state index contributed by atoms with van der Waals surface area (Å²) in [7, 11) is 0. The maximum absolute atomic E-state index is 6.61. The molecule has 0 atom stereocenters. The lowest BCUT2D eigenvalue weighted by Crippen LogP contribution is -1.82. The molecule has 0 aromatic carbocycles. The molecule has 32 heavy (non-hydrogen) atoms. The first kappa shape index (κ1) is 22.7. The van der Waals surface area contributed by atoms with E-state index in [0.717, 1.165) is 0 Å². The molecule has 5 rings (SSSR count). The Hall–Kier alpha value is -1.08. The third kappa shape index (κ3) is 3.53. The Balaban J connectivity index is 2.04. The van der Waals surface area contributed by atoms with Crippen molar-refractivity contribution in [3.8, 4) is 0 Å². The lowest BCUT2D eigenvalue weighted by Gasteiger charge is -1.95. The first-order chi connectivity index (χ1) is 15.2. The van der Waals surface area contributed by atoms with Gasteiger partial charge in [0, 0.05) is 0 Å². The van der Waals surface area contributed by atoms with Crippen LogP contribution in [0.15, 0.2) is 12.1 Å². The fourth-order valence-electron chi connectivity index (χ4n) is 3.24. The summed E-state index contributed by atoms with van der Waals surface area (Å²) in [6.07, 6.45) is 3.61. The molecule has 12 heteroatoms. The minimum atomic E-state index is 0.0870. The summed E-state index contributed by atoms with van der Waals surface area (Å²) in [4.78, 5) is 15.2. The number of H-pyrrole nitrogens is 2. The Bertz CT molecular complexity index is 1450. The van der Waals surface area contributed by atoms with Crippen molar-refractivity contribution >= 4 is 137 Å². The van der Waals surface area contributed by atoms with Gasteiger partial charge in [0.2, 0.25) is 0 Å². The molecule has 5 heterocycles. The number of hydrogen-bond acceptors (Lipinski definition) is 2. The third-order valence-corrected chi connectivity index (χ3v) is 8.07. The molecular weight excluding hydrogens is 580 g/mol. The summed E-state index contributed by atoms with van der Waals surface area (Å²) in [5.74, 6) is 0. The molecular formula is C20H6Cl8N4. The molecule has 0 saturated heterocycles. The topological polar surface area (TPSA) is 57.4 Å². The summed E-state index contributed by atoms with van der Waals surface area (Å²) < 4.78 is 0. The van der Waals surface area contributed by atoms with Gasteiger partial charge in [-0.15, -0.1) is 0 Å². The predicted molar refractivity (Wildman–Crippen MR) is 139 cm³/mol. The molecule has 0 spiro atoms. The Morgan fingerprint density at radius 2 is 0.906 bits per heavy atom. The normalized spacial score (nSPS) is 13.4. The summed E-state index contributed by atoms with van der Waals surface area (Å²) in [5.41, 5.74) is 3.22. The molecule has 2 aliphatic rings. The van der Waals surface area contributed by atoms with E-state index < -0.39 is 0 Å². The highest BCUT2D eigenvalue weighted by atomic mass is 35.5. The van der Waals surface area contributed by atoms with Crippen LogP contribution in [0.5, 0.6) is 0 Å². The summed E-state index contributed by atoms with van der Waals surface area (Å²) in [6, 6.07) is 3.45. The van der Waals surface area contributed by atoms with Crippen molar-refractivity contribution in [1.82, 2.24) is 19.9 Å². The van der Waals surface area contributed by atoms with E-state index in [9.17, 15) is 0 Å². The standard InChI is InChI=1S/C20H6Cl8N4/c21-9-7-3-5-1-2-6(29-5)4-8-10(22)12(24)18(31-8)16(28)20-14(26)13(25)19(32-20)15(27)17(30-7)11(9)23/h1-4,30-31H. The Morgan fingerprint density at radius 3 is 1.31 bits per heavy atom. The summed E-state index contributed by atoms with van der Waals surface area (Å²) >= 11 is 51.8. The van der Waals surface area contributed by atoms with Crippen LogP contribution in [0.4, 0.5) is 0 Å². The highest BCUT2D eigenvalue weighted by molar-refractivity contribution is 6.67. The molecule has 8 bridgehead atoms. The molecule has 0 aliphatic carbocycles. The highest BCUT2D eigenvalue weighted by Crippen LogP contribution is 2.45. The van der Waals surface area contributed by atoms with Gasteiger partial charge < -0.3 is 9.97 Å². The van der Waals surface area contributed by atoms with Crippen LogP contribution in [-0.2, 0) is 0 Å². The second-order valence-corrected chi connectivity index (χ2v) is 9.76. The molecule has 0 amide bonds. The van der Waals surface area contributed by atoms with E-state index >= 15 is 0 Å². The smallest absolute Gasteiger partial charge is 0.105 e. The van der Waals surface area contributed by atoms with Gasteiger partial charge in [0.05, 0.1) is 73.7 Å². The molecule has 0 fully saturated rings.